The van der Waals surface area contributed by atoms with E-state index in [-0.39, 0.29) is 5.91 Å². The number of nitrogens with one attached hydrogen (secondary N) is 1. The van der Waals surface area contributed by atoms with Crippen LogP contribution in [0.4, 0.5) is 5.69 Å². The van der Waals surface area contributed by atoms with Crippen molar-refractivity contribution in [2.75, 3.05) is 18.9 Å². The number of carbonyl (C=O) groups is 1. The van der Waals surface area contributed by atoms with Crippen LogP contribution < -0.4 is 5.32 Å². The van der Waals surface area contributed by atoms with Gasteiger partial charge in [-0.1, -0.05) is 12.1 Å². The third-order valence-electron chi connectivity index (χ3n) is 3.10. The molecule has 0 aliphatic carbocycles. The van der Waals surface area contributed by atoms with E-state index in [0.717, 1.165) is 22.8 Å². The topological polar surface area (TPSA) is 45.2 Å². The van der Waals surface area contributed by atoms with Crippen LogP contribution >= 0.6 is 11.3 Å². The highest BCUT2D eigenvalue weighted by atomic mass is 32.1. The van der Waals surface area contributed by atoms with Crippen molar-refractivity contribution in [3.63, 3.8) is 0 Å². The monoisotopic (exact) mass is 289 g/mol. The van der Waals surface area contributed by atoms with Gasteiger partial charge >= 0.3 is 0 Å². The number of amides is 1. The van der Waals surface area contributed by atoms with Gasteiger partial charge in [-0.2, -0.15) is 0 Å². The first-order valence-electron chi connectivity index (χ1n) is 6.60. The molecule has 1 aromatic heterocycles. The Bertz CT molecular complexity index is 594. The van der Waals surface area contributed by atoms with Crippen molar-refractivity contribution in [1.82, 2.24) is 9.88 Å². The third-order valence-corrected chi connectivity index (χ3v) is 4.02. The van der Waals surface area contributed by atoms with Crippen LogP contribution in [0.25, 0.3) is 0 Å². The molecule has 0 radical (unpaired) electrons. The molecule has 106 valence electrons. The second-order valence-corrected chi connectivity index (χ2v) is 5.54. The molecule has 0 atom stereocenters. The van der Waals surface area contributed by atoms with Crippen LogP contribution in [0.3, 0.4) is 0 Å². The van der Waals surface area contributed by atoms with Crippen molar-refractivity contribution < 1.29 is 4.79 Å². The van der Waals surface area contributed by atoms with Gasteiger partial charge in [0.25, 0.3) is 5.91 Å². The fraction of sp³-hybridized carbons (Fsp3) is 0.333. The summed E-state index contributed by atoms with van der Waals surface area (Å²) in [7, 11) is 1.82. The predicted octanol–water partition coefficient (Wildman–Crippen LogP) is 3.16. The molecule has 5 heteroatoms. The SMILES string of the molecule is CCNc1ccccc1C(=O)N(C)Cc1scnc1C. The van der Waals surface area contributed by atoms with Gasteiger partial charge in [0.05, 0.1) is 23.3 Å². The number of hydrogen-bond donors (Lipinski definition) is 1. The third kappa shape index (κ3) is 3.17. The minimum Gasteiger partial charge on any atom is -0.385 e. The molecule has 0 aliphatic heterocycles. The Labute approximate surface area is 123 Å². The van der Waals surface area contributed by atoms with Gasteiger partial charge < -0.3 is 10.2 Å². The number of para-hydroxylation sites is 1. The van der Waals surface area contributed by atoms with Gasteiger partial charge in [-0.15, -0.1) is 11.3 Å². The summed E-state index contributed by atoms with van der Waals surface area (Å²) < 4.78 is 0. The lowest BCUT2D eigenvalue weighted by atomic mass is 10.1. The van der Waals surface area contributed by atoms with Crippen LogP contribution in [0.15, 0.2) is 29.8 Å². The van der Waals surface area contributed by atoms with Gasteiger partial charge in [-0.3, -0.25) is 4.79 Å². The number of carbonyl (C=O) groups excluding carboxylic acids is 1. The molecule has 4 nitrogen and oxygen atoms in total. The van der Waals surface area contributed by atoms with Gasteiger partial charge in [-0.25, -0.2) is 4.98 Å². The Hall–Kier alpha value is -1.88. The lowest BCUT2D eigenvalue weighted by molar-refractivity contribution is 0.0787. The summed E-state index contributed by atoms with van der Waals surface area (Å²) in [5.74, 6) is 0.0225. The number of hydrogen-bond acceptors (Lipinski definition) is 4. The average Bonchev–Trinajstić information content (AvgIpc) is 2.84. The molecule has 0 saturated carbocycles. The highest BCUT2D eigenvalue weighted by Gasteiger charge is 2.16. The van der Waals surface area contributed by atoms with E-state index in [0.29, 0.717) is 12.1 Å². The van der Waals surface area contributed by atoms with Gasteiger partial charge in [0.2, 0.25) is 0 Å². The molecule has 0 bridgehead atoms. The van der Waals surface area contributed by atoms with Crippen LogP contribution in [-0.4, -0.2) is 29.4 Å². The molecule has 1 N–H and O–H groups in total. The number of aryl methyl sites for hydroxylation is 1. The maximum atomic E-state index is 12.5. The molecule has 2 aromatic rings. The number of nitrogens with zero attached hydrogens (tertiary/aromatic N) is 2. The van der Waals surface area contributed by atoms with E-state index >= 15 is 0 Å². The Kier molecular flexibility index (Phi) is 4.74. The van der Waals surface area contributed by atoms with Crippen LogP contribution in [0.5, 0.6) is 0 Å². The van der Waals surface area contributed by atoms with E-state index in [1.54, 1.807) is 16.2 Å². The summed E-state index contributed by atoms with van der Waals surface area (Å²) in [6.45, 7) is 5.38. The summed E-state index contributed by atoms with van der Waals surface area (Å²) in [6.07, 6.45) is 0. The maximum absolute atomic E-state index is 12.5. The summed E-state index contributed by atoms with van der Waals surface area (Å²) in [5, 5.41) is 3.22. The Morgan fingerprint density at radius 1 is 1.40 bits per heavy atom. The summed E-state index contributed by atoms with van der Waals surface area (Å²) >= 11 is 1.58. The lowest BCUT2D eigenvalue weighted by Crippen LogP contribution is -2.27. The average molecular weight is 289 g/mol. The number of rotatable bonds is 5. The van der Waals surface area contributed by atoms with E-state index < -0.39 is 0 Å². The largest absolute Gasteiger partial charge is 0.385 e. The molecule has 0 saturated heterocycles. The number of thiazole rings is 1. The molecule has 0 fully saturated rings. The van der Waals surface area contributed by atoms with E-state index in [9.17, 15) is 4.79 Å². The molecule has 1 heterocycles. The number of anilines is 1. The van der Waals surface area contributed by atoms with E-state index in [4.69, 9.17) is 0 Å². The molecule has 20 heavy (non-hydrogen) atoms. The van der Waals surface area contributed by atoms with Gasteiger partial charge in [0.1, 0.15) is 0 Å². The van der Waals surface area contributed by atoms with Crippen molar-refractivity contribution in [3.8, 4) is 0 Å². The first kappa shape index (κ1) is 14.5. The molecule has 0 unspecified atom stereocenters. The van der Waals surface area contributed by atoms with Crippen molar-refractivity contribution in [2.24, 2.45) is 0 Å². The molecule has 0 aliphatic rings. The van der Waals surface area contributed by atoms with Crippen molar-refractivity contribution in [3.05, 3.63) is 45.9 Å². The fourth-order valence-corrected chi connectivity index (χ4v) is 2.81. The molecule has 1 amide bonds. The maximum Gasteiger partial charge on any atom is 0.256 e. The number of aromatic nitrogens is 1. The van der Waals surface area contributed by atoms with Gasteiger partial charge in [0.15, 0.2) is 0 Å². The normalized spacial score (nSPS) is 10.3. The second kappa shape index (κ2) is 6.52. The van der Waals surface area contributed by atoms with Crippen LogP contribution in [0.1, 0.15) is 27.9 Å². The van der Waals surface area contributed by atoms with Crippen LogP contribution in [-0.2, 0) is 6.54 Å². The minimum atomic E-state index is 0.0225. The number of benzene rings is 1. The summed E-state index contributed by atoms with van der Waals surface area (Å²) in [6, 6.07) is 7.61. The van der Waals surface area contributed by atoms with E-state index in [2.05, 4.69) is 10.3 Å². The first-order valence-corrected chi connectivity index (χ1v) is 7.48. The smallest absolute Gasteiger partial charge is 0.256 e. The Morgan fingerprint density at radius 3 is 2.80 bits per heavy atom. The van der Waals surface area contributed by atoms with Crippen molar-refractivity contribution in [1.29, 1.82) is 0 Å². The summed E-state index contributed by atoms with van der Waals surface area (Å²) in [4.78, 5) is 19.6. The standard InChI is InChI=1S/C15H19N3OS/c1-4-16-13-8-6-5-7-12(13)15(19)18(3)9-14-11(2)17-10-20-14/h5-8,10,16H,4,9H2,1-3H3. The van der Waals surface area contributed by atoms with E-state index in [1.807, 2.05) is 50.7 Å². The minimum absolute atomic E-state index is 0.0225. The quantitative estimate of drug-likeness (QED) is 0.919. The fourth-order valence-electron chi connectivity index (χ4n) is 1.99. The van der Waals surface area contributed by atoms with Gasteiger partial charge in [-0.05, 0) is 26.0 Å². The Morgan fingerprint density at radius 2 is 2.15 bits per heavy atom. The lowest BCUT2D eigenvalue weighted by Gasteiger charge is -2.19. The molecule has 2 rings (SSSR count). The highest BCUT2D eigenvalue weighted by Crippen LogP contribution is 2.19. The molecule has 0 spiro atoms. The molecular formula is C15H19N3OS. The second-order valence-electron chi connectivity index (χ2n) is 4.60. The van der Waals surface area contributed by atoms with Gasteiger partial charge in [0, 0.05) is 24.2 Å². The first-order chi connectivity index (χ1) is 9.63. The van der Waals surface area contributed by atoms with Crippen molar-refractivity contribution >= 4 is 22.9 Å². The summed E-state index contributed by atoms with van der Waals surface area (Å²) in [5.41, 5.74) is 4.40. The van der Waals surface area contributed by atoms with Crippen LogP contribution in [0, 0.1) is 6.92 Å². The zero-order chi connectivity index (χ0) is 14.5. The van der Waals surface area contributed by atoms with Crippen molar-refractivity contribution in [2.45, 2.75) is 20.4 Å². The predicted molar refractivity (Wildman–Crippen MR) is 83.3 cm³/mol. The zero-order valence-electron chi connectivity index (χ0n) is 12.0. The van der Waals surface area contributed by atoms with E-state index in [1.165, 1.54) is 0 Å². The van der Waals surface area contributed by atoms with Crippen LogP contribution in [0.2, 0.25) is 0 Å². The molecule has 1 aromatic carbocycles. The highest BCUT2D eigenvalue weighted by molar-refractivity contribution is 7.09. The Balaban J connectivity index is 2.16. The molecular weight excluding hydrogens is 270 g/mol. The zero-order valence-corrected chi connectivity index (χ0v) is 12.8.